The number of thioether (sulfide) groups is 1. The summed E-state index contributed by atoms with van der Waals surface area (Å²) in [5.74, 6) is 2.09. The molecule has 0 unspecified atom stereocenters. The molecule has 0 radical (unpaired) electrons. The van der Waals surface area contributed by atoms with E-state index in [1.54, 1.807) is 27.5 Å². The summed E-state index contributed by atoms with van der Waals surface area (Å²) in [5, 5.41) is 3.74. The highest BCUT2D eigenvalue weighted by Crippen LogP contribution is 2.39. The largest absolute Gasteiger partial charge is 0.493 e. The maximum Gasteiger partial charge on any atom is 0.230 e. The molecular weight excluding hydrogens is 340 g/mol. The predicted molar refractivity (Wildman–Crippen MR) is 97.8 cm³/mol. The molecule has 2 aromatic rings. The maximum atomic E-state index is 11.9. The highest BCUT2D eigenvalue weighted by atomic mass is 32.2. The number of benzene rings is 1. The van der Waals surface area contributed by atoms with Gasteiger partial charge in [-0.3, -0.25) is 4.79 Å². The zero-order chi connectivity index (χ0) is 18.1. The minimum atomic E-state index is -0.0323. The first-order valence-electron chi connectivity index (χ1n) is 7.78. The van der Waals surface area contributed by atoms with Gasteiger partial charge in [-0.1, -0.05) is 23.9 Å². The summed E-state index contributed by atoms with van der Waals surface area (Å²) in [4.78, 5) is 16.1. The molecule has 134 valence electrons. The van der Waals surface area contributed by atoms with Crippen molar-refractivity contribution in [1.29, 1.82) is 0 Å². The topological polar surface area (TPSA) is 69.7 Å². The zero-order valence-corrected chi connectivity index (χ0v) is 15.4. The molecule has 1 N–H and O–H groups in total. The number of amides is 1. The van der Waals surface area contributed by atoms with Gasteiger partial charge >= 0.3 is 0 Å². The lowest BCUT2D eigenvalue weighted by Crippen LogP contribution is -2.27. The summed E-state index contributed by atoms with van der Waals surface area (Å²) in [7, 11) is 4.74. The molecule has 0 spiro atoms. The van der Waals surface area contributed by atoms with Crippen LogP contribution >= 0.6 is 11.8 Å². The molecule has 2 rings (SSSR count). The molecule has 0 fully saturated rings. The summed E-state index contributed by atoms with van der Waals surface area (Å²) >= 11 is 1.41. The van der Waals surface area contributed by atoms with Crippen molar-refractivity contribution in [2.45, 2.75) is 11.4 Å². The van der Waals surface area contributed by atoms with Crippen molar-refractivity contribution < 1.29 is 19.0 Å². The van der Waals surface area contributed by atoms with E-state index >= 15 is 0 Å². The molecular formula is C18H22N2O4S. The number of carbonyl (C=O) groups is 1. The molecule has 0 bridgehead atoms. The van der Waals surface area contributed by atoms with Crippen LogP contribution in [0.2, 0.25) is 0 Å². The summed E-state index contributed by atoms with van der Waals surface area (Å²) in [6, 6.07) is 9.37. The van der Waals surface area contributed by atoms with E-state index in [2.05, 4.69) is 10.3 Å². The lowest BCUT2D eigenvalue weighted by molar-refractivity contribution is -0.118. The van der Waals surface area contributed by atoms with Gasteiger partial charge in [-0.25, -0.2) is 4.98 Å². The van der Waals surface area contributed by atoms with Gasteiger partial charge in [0.1, 0.15) is 0 Å². The van der Waals surface area contributed by atoms with Crippen molar-refractivity contribution >= 4 is 17.7 Å². The fraction of sp³-hybridized carbons (Fsp3) is 0.333. The van der Waals surface area contributed by atoms with Crippen LogP contribution in [-0.2, 0) is 11.2 Å². The number of hydrogen-bond acceptors (Lipinski definition) is 6. The normalized spacial score (nSPS) is 10.2. The van der Waals surface area contributed by atoms with E-state index in [-0.39, 0.29) is 5.91 Å². The van der Waals surface area contributed by atoms with Crippen LogP contribution < -0.4 is 19.5 Å². The molecule has 0 saturated carbocycles. The van der Waals surface area contributed by atoms with Gasteiger partial charge in [0.2, 0.25) is 11.7 Å². The van der Waals surface area contributed by atoms with E-state index in [4.69, 9.17) is 14.2 Å². The van der Waals surface area contributed by atoms with Gasteiger partial charge in [-0.15, -0.1) is 0 Å². The van der Waals surface area contributed by atoms with Gasteiger partial charge in [-0.2, -0.15) is 0 Å². The van der Waals surface area contributed by atoms with E-state index < -0.39 is 0 Å². The first kappa shape index (κ1) is 18.9. The number of nitrogens with one attached hydrogen (secondary N) is 1. The zero-order valence-electron chi connectivity index (χ0n) is 14.6. The monoisotopic (exact) mass is 362 g/mol. The van der Waals surface area contributed by atoms with E-state index in [0.29, 0.717) is 36.0 Å². The summed E-state index contributed by atoms with van der Waals surface area (Å²) in [5.41, 5.74) is 0.942. The Bertz CT molecular complexity index is 695. The summed E-state index contributed by atoms with van der Waals surface area (Å²) in [6.45, 7) is 0.507. The van der Waals surface area contributed by atoms with Crippen LogP contribution in [0.1, 0.15) is 5.56 Å². The molecule has 7 heteroatoms. The van der Waals surface area contributed by atoms with Crippen LogP contribution in [0.4, 0.5) is 0 Å². The predicted octanol–water partition coefficient (Wildman–Crippen LogP) is 2.56. The fourth-order valence-electron chi connectivity index (χ4n) is 2.32. The molecule has 0 aliphatic carbocycles. The van der Waals surface area contributed by atoms with Gasteiger partial charge in [0.15, 0.2) is 11.5 Å². The summed E-state index contributed by atoms with van der Waals surface area (Å²) < 4.78 is 16.1. The number of ether oxygens (including phenoxy) is 3. The second-order valence-electron chi connectivity index (χ2n) is 5.05. The van der Waals surface area contributed by atoms with E-state index in [0.717, 1.165) is 10.6 Å². The smallest absolute Gasteiger partial charge is 0.230 e. The van der Waals surface area contributed by atoms with E-state index in [9.17, 15) is 4.79 Å². The lowest BCUT2D eigenvalue weighted by Gasteiger charge is -2.15. The fourth-order valence-corrected chi connectivity index (χ4v) is 3.01. The third-order valence-electron chi connectivity index (χ3n) is 3.49. The second-order valence-corrected chi connectivity index (χ2v) is 6.05. The van der Waals surface area contributed by atoms with Crippen LogP contribution in [0.15, 0.2) is 41.6 Å². The van der Waals surface area contributed by atoms with Crippen LogP contribution in [0.25, 0.3) is 0 Å². The van der Waals surface area contributed by atoms with Gasteiger partial charge in [0.25, 0.3) is 0 Å². The van der Waals surface area contributed by atoms with Gasteiger partial charge in [0, 0.05) is 18.3 Å². The molecule has 6 nitrogen and oxygen atoms in total. The van der Waals surface area contributed by atoms with Crippen molar-refractivity contribution in [3.63, 3.8) is 0 Å². The summed E-state index contributed by atoms with van der Waals surface area (Å²) in [6.07, 6.45) is 2.34. The van der Waals surface area contributed by atoms with Crippen LogP contribution in [-0.4, -0.2) is 44.5 Å². The van der Waals surface area contributed by atoms with Crippen LogP contribution in [0.3, 0.4) is 0 Å². The van der Waals surface area contributed by atoms with E-state index in [1.807, 2.05) is 30.3 Å². The Hall–Kier alpha value is -2.41. The minimum absolute atomic E-state index is 0.0323. The standard InChI is InChI=1S/C18H22N2O4S/c1-22-14-8-7-13(17(23-2)18(14)24-3)9-11-19-15(21)12-25-16-6-4-5-10-20-16/h4-8,10H,9,11-12H2,1-3H3,(H,19,21). The Balaban J connectivity index is 1.87. The Morgan fingerprint density at radius 3 is 2.52 bits per heavy atom. The highest BCUT2D eigenvalue weighted by molar-refractivity contribution is 7.99. The number of carbonyl (C=O) groups excluding carboxylic acids is 1. The molecule has 1 heterocycles. The van der Waals surface area contributed by atoms with Crippen LogP contribution in [0, 0.1) is 0 Å². The minimum Gasteiger partial charge on any atom is -0.493 e. The number of aromatic nitrogens is 1. The Morgan fingerprint density at radius 2 is 1.88 bits per heavy atom. The van der Waals surface area contributed by atoms with Crippen molar-refractivity contribution in [2.75, 3.05) is 33.6 Å². The number of methoxy groups -OCH3 is 3. The lowest BCUT2D eigenvalue weighted by atomic mass is 10.1. The van der Waals surface area contributed by atoms with Gasteiger partial charge < -0.3 is 19.5 Å². The number of nitrogens with zero attached hydrogens (tertiary/aromatic N) is 1. The van der Waals surface area contributed by atoms with Crippen LogP contribution in [0.5, 0.6) is 17.2 Å². The third-order valence-corrected chi connectivity index (χ3v) is 4.43. The molecule has 25 heavy (non-hydrogen) atoms. The number of hydrogen-bond donors (Lipinski definition) is 1. The molecule has 0 aliphatic heterocycles. The Labute approximate surface area is 151 Å². The number of rotatable bonds is 9. The molecule has 1 aromatic heterocycles. The maximum absolute atomic E-state index is 11.9. The first-order valence-corrected chi connectivity index (χ1v) is 8.76. The molecule has 1 aromatic carbocycles. The SMILES string of the molecule is COc1ccc(CCNC(=O)CSc2ccccn2)c(OC)c1OC. The van der Waals surface area contributed by atoms with E-state index in [1.165, 1.54) is 11.8 Å². The van der Waals surface area contributed by atoms with Crippen molar-refractivity contribution in [3.8, 4) is 17.2 Å². The molecule has 0 saturated heterocycles. The molecule has 0 aliphatic rings. The van der Waals surface area contributed by atoms with Crippen molar-refractivity contribution in [3.05, 3.63) is 42.1 Å². The highest BCUT2D eigenvalue weighted by Gasteiger charge is 2.15. The molecule has 0 atom stereocenters. The Morgan fingerprint density at radius 1 is 1.08 bits per heavy atom. The second kappa shape index (κ2) is 9.78. The average molecular weight is 362 g/mol. The molecule has 1 amide bonds. The third kappa shape index (κ3) is 5.29. The Kier molecular flexibility index (Phi) is 7.40. The number of pyridine rings is 1. The van der Waals surface area contributed by atoms with Gasteiger partial charge in [0.05, 0.1) is 32.1 Å². The average Bonchev–Trinajstić information content (AvgIpc) is 2.66. The quantitative estimate of drug-likeness (QED) is 0.692. The first-order chi connectivity index (χ1) is 12.2. The van der Waals surface area contributed by atoms with Crippen molar-refractivity contribution in [2.24, 2.45) is 0 Å². The van der Waals surface area contributed by atoms with Crippen molar-refractivity contribution in [1.82, 2.24) is 10.3 Å². The van der Waals surface area contributed by atoms with Gasteiger partial charge in [-0.05, 0) is 24.6 Å².